The minimum atomic E-state index is -1.27. The Labute approximate surface area is 226 Å². The van der Waals surface area contributed by atoms with Gasteiger partial charge in [0.2, 0.25) is 5.95 Å². The zero-order chi connectivity index (χ0) is 26.7. The molecular formula is C26H36ClN7O2S. The van der Waals surface area contributed by atoms with Gasteiger partial charge in [-0.05, 0) is 68.6 Å². The highest BCUT2D eigenvalue weighted by Crippen LogP contribution is 2.37. The minimum Gasteiger partial charge on any atom is -0.495 e. The van der Waals surface area contributed by atoms with Crippen LogP contribution >= 0.6 is 11.6 Å². The Morgan fingerprint density at radius 1 is 1.22 bits per heavy atom. The third-order valence-electron chi connectivity index (χ3n) is 6.72. The van der Waals surface area contributed by atoms with Crippen LogP contribution in [0.5, 0.6) is 5.75 Å². The molecule has 200 valence electrons. The van der Waals surface area contributed by atoms with Gasteiger partial charge in [0.05, 0.1) is 35.5 Å². The first-order valence-corrected chi connectivity index (χ1v) is 14.2. The molecule has 1 unspecified atom stereocenters. The Bertz CT molecular complexity index is 1270. The van der Waals surface area contributed by atoms with Crippen molar-refractivity contribution in [2.45, 2.75) is 56.7 Å². The van der Waals surface area contributed by atoms with Crippen LogP contribution in [0.25, 0.3) is 0 Å². The van der Waals surface area contributed by atoms with Gasteiger partial charge in [-0.1, -0.05) is 32.4 Å². The van der Waals surface area contributed by atoms with Gasteiger partial charge in [0, 0.05) is 18.5 Å². The fraction of sp³-hybridized carbons (Fsp3) is 0.500. The summed E-state index contributed by atoms with van der Waals surface area (Å²) in [6, 6.07) is 4.23. The molecule has 37 heavy (non-hydrogen) atoms. The van der Waals surface area contributed by atoms with Gasteiger partial charge in [0.25, 0.3) is 0 Å². The molecule has 4 rings (SSSR count). The Morgan fingerprint density at radius 3 is 2.59 bits per heavy atom. The number of halogens is 1. The Morgan fingerprint density at radius 2 is 1.95 bits per heavy atom. The largest absolute Gasteiger partial charge is 0.495 e. The van der Waals surface area contributed by atoms with Crippen LogP contribution in [0.1, 0.15) is 50.7 Å². The maximum Gasteiger partial charge on any atom is 0.229 e. The van der Waals surface area contributed by atoms with Crippen molar-refractivity contribution in [2.75, 3.05) is 37.4 Å². The summed E-state index contributed by atoms with van der Waals surface area (Å²) >= 11 is 6.42. The average molecular weight is 546 g/mol. The second-order valence-electron chi connectivity index (χ2n) is 9.63. The van der Waals surface area contributed by atoms with Crippen molar-refractivity contribution in [1.29, 1.82) is 0 Å². The fourth-order valence-corrected chi connectivity index (χ4v) is 5.77. The zero-order valence-corrected chi connectivity index (χ0v) is 23.9. The third kappa shape index (κ3) is 6.25. The van der Waals surface area contributed by atoms with Crippen LogP contribution in [-0.4, -0.2) is 60.9 Å². The van der Waals surface area contributed by atoms with Crippen LogP contribution in [0.3, 0.4) is 0 Å². The molecule has 0 radical (unpaired) electrons. The van der Waals surface area contributed by atoms with E-state index in [1.165, 1.54) is 17.3 Å². The normalized spacial score (nSPS) is 15.7. The number of nitrogens with zero attached hydrogens (tertiary/aromatic N) is 5. The lowest BCUT2D eigenvalue weighted by atomic mass is 9.86. The van der Waals surface area contributed by atoms with E-state index >= 15 is 0 Å². The van der Waals surface area contributed by atoms with Gasteiger partial charge in [0.1, 0.15) is 10.8 Å². The van der Waals surface area contributed by atoms with Gasteiger partial charge in [-0.15, -0.1) is 0 Å². The van der Waals surface area contributed by atoms with Crippen molar-refractivity contribution in [2.24, 2.45) is 7.05 Å². The number of hydrogen-bond donors (Lipinski definition) is 2. The number of anilines is 4. The lowest BCUT2D eigenvalue weighted by molar-refractivity contribution is 0.222. The van der Waals surface area contributed by atoms with Crippen molar-refractivity contribution in [1.82, 2.24) is 24.6 Å². The molecule has 2 N–H and O–H groups in total. The van der Waals surface area contributed by atoms with Gasteiger partial charge in [0.15, 0.2) is 10.8 Å². The molecule has 0 spiro atoms. The first-order valence-electron chi connectivity index (χ1n) is 12.6. The van der Waals surface area contributed by atoms with Crippen LogP contribution in [0.2, 0.25) is 5.02 Å². The third-order valence-corrected chi connectivity index (χ3v) is 8.54. The van der Waals surface area contributed by atoms with E-state index in [0.29, 0.717) is 33.4 Å². The lowest BCUT2D eigenvalue weighted by Gasteiger charge is -2.32. The maximum absolute atomic E-state index is 12.7. The van der Waals surface area contributed by atoms with Crippen LogP contribution in [0.15, 0.2) is 29.6 Å². The fourth-order valence-electron chi connectivity index (χ4n) is 4.66. The lowest BCUT2D eigenvalue weighted by Crippen LogP contribution is -2.32. The van der Waals surface area contributed by atoms with Crippen molar-refractivity contribution < 1.29 is 8.95 Å². The van der Waals surface area contributed by atoms with E-state index in [0.717, 1.165) is 43.9 Å². The van der Waals surface area contributed by atoms with E-state index in [2.05, 4.69) is 56.6 Å². The van der Waals surface area contributed by atoms with Crippen LogP contribution in [0.4, 0.5) is 23.1 Å². The molecule has 0 amide bonds. The van der Waals surface area contributed by atoms with Gasteiger partial charge in [-0.2, -0.15) is 10.1 Å². The summed E-state index contributed by atoms with van der Waals surface area (Å²) in [5.41, 5.74) is 3.92. The molecule has 1 aliphatic rings. The first-order chi connectivity index (χ1) is 17.7. The summed E-state index contributed by atoms with van der Waals surface area (Å²) < 4.78 is 20.1. The number of hydrogen-bond acceptors (Lipinski definition) is 8. The highest BCUT2D eigenvalue weighted by molar-refractivity contribution is 7.85. The molecule has 1 atom stereocenters. The van der Waals surface area contributed by atoms with Crippen molar-refractivity contribution >= 4 is 45.5 Å². The Hall–Kier alpha value is -2.69. The summed E-state index contributed by atoms with van der Waals surface area (Å²) in [5, 5.41) is 11.6. The molecule has 0 aliphatic carbocycles. The van der Waals surface area contributed by atoms with E-state index in [1.54, 1.807) is 25.0 Å². The van der Waals surface area contributed by atoms with E-state index in [-0.39, 0.29) is 5.25 Å². The van der Waals surface area contributed by atoms with E-state index < -0.39 is 10.8 Å². The molecule has 1 aromatic carbocycles. The summed E-state index contributed by atoms with van der Waals surface area (Å²) in [7, 11) is 2.19. The predicted octanol–water partition coefficient (Wildman–Crippen LogP) is 5.38. The number of ether oxygens (including phenoxy) is 1. The molecule has 11 heteroatoms. The number of likely N-dealkylation sites (tertiary alicyclic amines) is 1. The standard InChI is InChI=1S/C26H36ClN7O2S/c1-7-34-10-8-18(9-11-34)19-13-23(36-6)21(12-17(19)4)30-26-28-14-20(27)24(31-26)29-22-15-33(5)32-25(22)37(35)16(2)3/h12-16,18H,7-11H2,1-6H3,(H2,28,29,30,31). The molecule has 1 saturated heterocycles. The highest BCUT2D eigenvalue weighted by atomic mass is 35.5. The van der Waals surface area contributed by atoms with E-state index in [4.69, 9.17) is 16.3 Å². The second kappa shape index (κ2) is 11.8. The number of nitrogens with one attached hydrogen (secondary N) is 2. The molecule has 1 aliphatic heterocycles. The number of aromatic nitrogens is 4. The number of methoxy groups -OCH3 is 1. The van der Waals surface area contributed by atoms with Gasteiger partial charge >= 0.3 is 0 Å². The van der Waals surface area contributed by atoms with Crippen molar-refractivity contribution in [3.8, 4) is 5.75 Å². The minimum absolute atomic E-state index is 0.0774. The monoisotopic (exact) mass is 545 g/mol. The van der Waals surface area contributed by atoms with Crippen molar-refractivity contribution in [3.63, 3.8) is 0 Å². The maximum atomic E-state index is 12.7. The van der Waals surface area contributed by atoms with Gasteiger partial charge in [-0.25, -0.2) is 4.98 Å². The Kier molecular flexibility index (Phi) is 8.71. The number of rotatable bonds is 9. The first kappa shape index (κ1) is 27.3. The molecular weight excluding hydrogens is 510 g/mol. The van der Waals surface area contributed by atoms with Gasteiger partial charge in [-0.3, -0.25) is 8.89 Å². The smallest absolute Gasteiger partial charge is 0.229 e. The quantitative estimate of drug-likeness (QED) is 0.370. The van der Waals surface area contributed by atoms with Gasteiger partial charge < -0.3 is 20.3 Å². The summed E-state index contributed by atoms with van der Waals surface area (Å²) in [6.45, 7) is 11.5. The SMILES string of the molecule is CCN1CCC(c2cc(OC)c(Nc3ncc(Cl)c(Nc4cn(C)nc4S(=O)C(C)C)n3)cc2C)CC1. The van der Waals surface area contributed by atoms with Crippen LogP contribution in [0, 0.1) is 6.92 Å². The summed E-state index contributed by atoms with van der Waals surface area (Å²) in [4.78, 5) is 11.5. The number of piperidine rings is 1. The van der Waals surface area contributed by atoms with E-state index in [9.17, 15) is 4.21 Å². The molecule has 1 fully saturated rings. The predicted molar refractivity (Wildman–Crippen MR) is 150 cm³/mol. The van der Waals surface area contributed by atoms with Crippen molar-refractivity contribution in [3.05, 3.63) is 40.7 Å². The molecule has 9 nitrogen and oxygen atoms in total. The number of benzene rings is 1. The molecule has 2 aromatic heterocycles. The summed E-state index contributed by atoms with van der Waals surface area (Å²) in [6.07, 6.45) is 5.59. The molecule has 3 aromatic rings. The zero-order valence-electron chi connectivity index (χ0n) is 22.3. The number of aryl methyl sites for hydroxylation is 2. The second-order valence-corrected chi connectivity index (χ2v) is 12.0. The van der Waals surface area contributed by atoms with E-state index in [1.807, 2.05) is 13.8 Å². The van der Waals surface area contributed by atoms with Crippen LogP contribution in [-0.2, 0) is 17.8 Å². The highest BCUT2D eigenvalue weighted by Gasteiger charge is 2.23. The van der Waals surface area contributed by atoms with Crippen LogP contribution < -0.4 is 15.4 Å². The molecule has 0 bridgehead atoms. The molecule has 0 saturated carbocycles. The Balaban J connectivity index is 1.57. The average Bonchev–Trinajstić information content (AvgIpc) is 3.25. The summed E-state index contributed by atoms with van der Waals surface area (Å²) in [5.74, 6) is 2.03. The molecule has 3 heterocycles. The topological polar surface area (TPSA) is 97.2 Å².